The first-order valence-corrected chi connectivity index (χ1v) is 17.3. The van der Waals surface area contributed by atoms with Crippen LogP contribution in [0.5, 0.6) is 0 Å². The van der Waals surface area contributed by atoms with Gasteiger partial charge in [-0.1, -0.05) is 173 Å². The van der Waals surface area contributed by atoms with E-state index in [0.717, 1.165) is 10.7 Å². The maximum atomic E-state index is 3.78. The van der Waals surface area contributed by atoms with E-state index in [1.165, 1.54) is 152 Å². The van der Waals surface area contributed by atoms with Crippen LogP contribution in [0.1, 0.15) is 165 Å². The highest BCUT2D eigenvalue weighted by atomic mass is 79.9. The molecule has 0 heterocycles. The van der Waals surface area contributed by atoms with E-state index in [9.17, 15) is 0 Å². The molecule has 0 aliphatic heterocycles. The Morgan fingerprint density at radius 3 is 0.912 bits per heavy atom. The van der Waals surface area contributed by atoms with Crippen molar-refractivity contribution in [3.05, 3.63) is 34.4 Å². The van der Waals surface area contributed by atoms with Gasteiger partial charge in [0.2, 0.25) is 0 Å². The largest absolute Gasteiger partial charge is 0.0876 e. The summed E-state index contributed by atoms with van der Waals surface area (Å²) >= 11 is 7.56. The number of halogens is 2. The molecule has 1 rings (SSSR count). The molecule has 0 aromatic heterocycles. The summed E-state index contributed by atoms with van der Waals surface area (Å²) in [5.74, 6) is 0. The molecule has 0 saturated carbocycles. The van der Waals surface area contributed by atoms with E-state index in [4.69, 9.17) is 0 Å². The maximum Gasteiger partial charge on any atom is 0.0285 e. The van der Waals surface area contributed by atoms with Gasteiger partial charge in [0.15, 0.2) is 0 Å². The quantitative estimate of drug-likeness (QED) is 0.0818. The zero-order valence-electron chi connectivity index (χ0n) is 22.9. The highest BCUT2D eigenvalue weighted by molar-refractivity contribution is 9.08. The zero-order valence-corrected chi connectivity index (χ0v) is 26.1. The minimum atomic E-state index is 0.994. The summed E-state index contributed by atoms with van der Waals surface area (Å²) in [7, 11) is 0. The fraction of sp³-hybridized carbons (Fsp3) is 0.812. The molecule has 2 heteroatoms. The number of alkyl halides is 2. The van der Waals surface area contributed by atoms with Gasteiger partial charge in [0.25, 0.3) is 0 Å². The Morgan fingerprint density at radius 1 is 0.382 bits per heavy atom. The van der Waals surface area contributed by atoms with Crippen LogP contribution in [0.4, 0.5) is 0 Å². The van der Waals surface area contributed by atoms with Gasteiger partial charge in [-0.05, 0) is 47.9 Å². The SMILES string of the molecule is CCCCCCCCCCCCc1cc(CBr)c(CCCCCCCCCCCC)cc1CBr. The van der Waals surface area contributed by atoms with Crippen LogP contribution in [0.25, 0.3) is 0 Å². The highest BCUT2D eigenvalue weighted by Gasteiger charge is 2.09. The molecule has 0 spiro atoms. The molecule has 1 aromatic carbocycles. The van der Waals surface area contributed by atoms with E-state index in [1.807, 2.05) is 0 Å². The molecule has 1 aromatic rings. The Balaban J connectivity index is 2.28. The van der Waals surface area contributed by atoms with Crippen molar-refractivity contribution in [3.63, 3.8) is 0 Å². The third-order valence-corrected chi connectivity index (χ3v) is 8.62. The summed E-state index contributed by atoms with van der Waals surface area (Å²) in [5, 5.41) is 1.99. The van der Waals surface area contributed by atoms with E-state index in [2.05, 4.69) is 57.8 Å². The average molecular weight is 601 g/mol. The minimum absolute atomic E-state index is 0.994. The van der Waals surface area contributed by atoms with E-state index >= 15 is 0 Å². The fourth-order valence-corrected chi connectivity index (χ4v) is 6.16. The average Bonchev–Trinajstić information content (AvgIpc) is 2.86. The molecule has 0 aliphatic carbocycles. The molecule has 198 valence electrons. The number of rotatable bonds is 24. The summed E-state index contributed by atoms with van der Waals surface area (Å²) in [6.45, 7) is 4.60. The van der Waals surface area contributed by atoms with Gasteiger partial charge in [0.05, 0.1) is 0 Å². The van der Waals surface area contributed by atoms with E-state index in [-0.39, 0.29) is 0 Å². The predicted octanol–water partition coefficient (Wildman–Crippen LogP) is 12.4. The molecule has 0 radical (unpaired) electrons. The van der Waals surface area contributed by atoms with Crippen molar-refractivity contribution < 1.29 is 0 Å². The number of hydrogen-bond acceptors (Lipinski definition) is 0. The maximum absolute atomic E-state index is 3.78. The Bertz CT molecular complexity index is 529. The number of aryl methyl sites for hydroxylation is 2. The molecule has 0 atom stereocenters. The van der Waals surface area contributed by atoms with Crippen LogP contribution in [-0.2, 0) is 23.5 Å². The van der Waals surface area contributed by atoms with Gasteiger partial charge in [-0.3, -0.25) is 0 Å². The molecule has 0 aliphatic rings. The number of benzene rings is 1. The lowest BCUT2D eigenvalue weighted by atomic mass is 9.93. The van der Waals surface area contributed by atoms with Crippen LogP contribution >= 0.6 is 31.9 Å². The minimum Gasteiger partial charge on any atom is -0.0876 e. The van der Waals surface area contributed by atoms with Crippen LogP contribution in [0, 0.1) is 0 Å². The second-order valence-corrected chi connectivity index (χ2v) is 11.6. The van der Waals surface area contributed by atoms with Crippen molar-refractivity contribution >= 4 is 31.9 Å². The molecule has 0 nitrogen and oxygen atoms in total. The molecule has 0 N–H and O–H groups in total. The zero-order chi connectivity index (χ0) is 24.7. The van der Waals surface area contributed by atoms with Crippen LogP contribution in [0.15, 0.2) is 12.1 Å². The van der Waals surface area contributed by atoms with Crippen LogP contribution in [0.2, 0.25) is 0 Å². The lowest BCUT2D eigenvalue weighted by Crippen LogP contribution is -2.00. The standard InChI is InChI=1S/C32H56Br2/c1-3-5-7-9-11-13-15-17-19-21-23-29-25-32(28-34)30(26-31(29)27-33)24-22-20-18-16-14-12-10-8-6-4-2/h25-26H,3-24,27-28H2,1-2H3. The van der Waals surface area contributed by atoms with Crippen LogP contribution in [-0.4, -0.2) is 0 Å². The Labute approximate surface area is 231 Å². The third-order valence-electron chi connectivity index (χ3n) is 7.41. The first kappa shape index (κ1) is 32.2. The summed E-state index contributed by atoms with van der Waals surface area (Å²) in [5.41, 5.74) is 6.22. The highest BCUT2D eigenvalue weighted by Crippen LogP contribution is 2.25. The van der Waals surface area contributed by atoms with Gasteiger partial charge in [0.1, 0.15) is 0 Å². The third kappa shape index (κ3) is 16.0. The van der Waals surface area contributed by atoms with Crippen molar-refractivity contribution in [1.29, 1.82) is 0 Å². The van der Waals surface area contributed by atoms with Gasteiger partial charge >= 0.3 is 0 Å². The summed E-state index contributed by atoms with van der Waals surface area (Å²) < 4.78 is 0. The van der Waals surface area contributed by atoms with Gasteiger partial charge in [-0.2, -0.15) is 0 Å². The lowest BCUT2D eigenvalue weighted by molar-refractivity contribution is 0.555. The van der Waals surface area contributed by atoms with Gasteiger partial charge < -0.3 is 0 Å². The molecule has 0 amide bonds. The summed E-state index contributed by atoms with van der Waals surface area (Å²) in [6.07, 6.45) is 30.8. The van der Waals surface area contributed by atoms with E-state index in [0.29, 0.717) is 0 Å². The molecule has 0 saturated heterocycles. The Morgan fingerprint density at radius 2 is 0.647 bits per heavy atom. The monoisotopic (exact) mass is 598 g/mol. The van der Waals surface area contributed by atoms with Crippen LogP contribution in [0.3, 0.4) is 0 Å². The van der Waals surface area contributed by atoms with Crippen molar-refractivity contribution in [3.8, 4) is 0 Å². The molecule has 0 unspecified atom stereocenters. The second kappa shape index (κ2) is 23.6. The van der Waals surface area contributed by atoms with E-state index < -0.39 is 0 Å². The topological polar surface area (TPSA) is 0 Å². The van der Waals surface area contributed by atoms with Crippen molar-refractivity contribution in [1.82, 2.24) is 0 Å². The molecule has 0 fully saturated rings. The van der Waals surface area contributed by atoms with Gasteiger partial charge in [-0.15, -0.1) is 0 Å². The van der Waals surface area contributed by atoms with Crippen molar-refractivity contribution in [2.75, 3.05) is 0 Å². The Kier molecular flexibility index (Phi) is 22.3. The fourth-order valence-electron chi connectivity index (χ4n) is 5.11. The van der Waals surface area contributed by atoms with Crippen LogP contribution < -0.4 is 0 Å². The van der Waals surface area contributed by atoms with Crippen molar-refractivity contribution in [2.45, 2.75) is 166 Å². The molecule has 0 bridgehead atoms. The lowest BCUT2D eigenvalue weighted by Gasteiger charge is -2.15. The number of unbranched alkanes of at least 4 members (excludes halogenated alkanes) is 18. The number of hydrogen-bond donors (Lipinski definition) is 0. The summed E-state index contributed by atoms with van der Waals surface area (Å²) in [6, 6.07) is 5.04. The first-order chi connectivity index (χ1) is 16.8. The Hall–Kier alpha value is 0.180. The van der Waals surface area contributed by atoms with Gasteiger partial charge in [-0.25, -0.2) is 0 Å². The molecular weight excluding hydrogens is 544 g/mol. The molecular formula is C32H56Br2. The normalized spacial score (nSPS) is 11.4. The summed E-state index contributed by atoms with van der Waals surface area (Å²) in [4.78, 5) is 0. The van der Waals surface area contributed by atoms with Crippen molar-refractivity contribution in [2.24, 2.45) is 0 Å². The molecule has 34 heavy (non-hydrogen) atoms. The smallest absolute Gasteiger partial charge is 0.0285 e. The second-order valence-electron chi connectivity index (χ2n) is 10.5. The first-order valence-electron chi connectivity index (χ1n) is 15.0. The van der Waals surface area contributed by atoms with E-state index in [1.54, 1.807) is 11.1 Å². The predicted molar refractivity (Wildman–Crippen MR) is 163 cm³/mol. The van der Waals surface area contributed by atoms with Gasteiger partial charge in [0, 0.05) is 10.7 Å².